The molecule has 32 heavy (non-hydrogen) atoms. The smallest absolute Gasteiger partial charge is 0.284 e. The van der Waals surface area contributed by atoms with E-state index in [0.717, 1.165) is 11.0 Å². The van der Waals surface area contributed by atoms with Crippen LogP contribution >= 0.6 is 12.2 Å². The zero-order chi connectivity index (χ0) is 23.3. The van der Waals surface area contributed by atoms with Crippen molar-refractivity contribution >= 4 is 46.1 Å². The first kappa shape index (κ1) is 21.2. The van der Waals surface area contributed by atoms with Crippen molar-refractivity contribution in [3.63, 3.8) is 0 Å². The summed E-state index contributed by atoms with van der Waals surface area (Å²) in [7, 11) is 0. The maximum absolute atomic E-state index is 13.3. The summed E-state index contributed by atoms with van der Waals surface area (Å²) < 4.78 is 0. The molecule has 1 aliphatic heterocycles. The summed E-state index contributed by atoms with van der Waals surface area (Å²) in [6.45, 7) is 3.66. The number of urea groups is 1. The van der Waals surface area contributed by atoms with Crippen LogP contribution in [-0.4, -0.2) is 49.7 Å². The molecular formula is C21H16N4O6S. The number of thiocarbonyl (C=S) groups is 1. The number of hydrogen-bond acceptors (Lipinski definition) is 7. The number of nitrogens with zero attached hydrogens (tertiary/aromatic N) is 4. The van der Waals surface area contributed by atoms with Crippen LogP contribution in [0.3, 0.4) is 0 Å². The molecule has 1 saturated heterocycles. The Hall–Kier alpha value is -3.99. The Morgan fingerprint density at radius 2 is 1.50 bits per heavy atom. The fourth-order valence-electron chi connectivity index (χ4n) is 4.13. The Labute approximate surface area is 187 Å². The fourth-order valence-corrected chi connectivity index (χ4v) is 4.52. The van der Waals surface area contributed by atoms with Gasteiger partial charge in [0, 0.05) is 30.3 Å². The molecule has 1 aliphatic carbocycles. The highest BCUT2D eigenvalue weighted by Crippen LogP contribution is 2.51. The average molecular weight is 452 g/mol. The van der Waals surface area contributed by atoms with Crippen molar-refractivity contribution in [3.05, 3.63) is 73.3 Å². The van der Waals surface area contributed by atoms with E-state index in [0.29, 0.717) is 11.1 Å². The zero-order valence-corrected chi connectivity index (χ0v) is 17.8. The third kappa shape index (κ3) is 2.89. The lowest BCUT2D eigenvalue weighted by Crippen LogP contribution is -2.55. The minimum atomic E-state index is -0.722. The number of nitro benzene ring substituents is 2. The lowest BCUT2D eigenvalue weighted by molar-refractivity contribution is -0.393. The molecule has 2 aromatic carbocycles. The summed E-state index contributed by atoms with van der Waals surface area (Å²) in [6.07, 6.45) is 0. The molecule has 0 spiro atoms. The van der Waals surface area contributed by atoms with Crippen molar-refractivity contribution in [3.8, 4) is 11.1 Å². The van der Waals surface area contributed by atoms with Gasteiger partial charge < -0.3 is 0 Å². The van der Waals surface area contributed by atoms with E-state index in [2.05, 4.69) is 0 Å². The number of rotatable bonds is 4. The summed E-state index contributed by atoms with van der Waals surface area (Å²) in [4.78, 5) is 50.2. The second-order valence-electron chi connectivity index (χ2n) is 7.08. The van der Waals surface area contributed by atoms with Gasteiger partial charge in [0.25, 0.3) is 17.3 Å². The van der Waals surface area contributed by atoms with Gasteiger partial charge in [-0.3, -0.25) is 34.8 Å². The Kier molecular flexibility index (Phi) is 5.05. The molecule has 0 radical (unpaired) electrons. The number of carbonyl (C=O) groups excluding carboxylic acids is 2. The van der Waals surface area contributed by atoms with E-state index in [1.54, 1.807) is 38.1 Å². The molecule has 0 atom stereocenters. The molecule has 10 nitrogen and oxygen atoms in total. The van der Waals surface area contributed by atoms with Crippen molar-refractivity contribution in [1.82, 2.24) is 9.80 Å². The molecule has 1 heterocycles. The first-order chi connectivity index (χ1) is 15.2. The van der Waals surface area contributed by atoms with Crippen LogP contribution in [0.2, 0.25) is 0 Å². The highest BCUT2D eigenvalue weighted by atomic mass is 32.1. The molecule has 3 amide bonds. The van der Waals surface area contributed by atoms with Gasteiger partial charge in [-0.05, 0) is 25.0 Å². The van der Waals surface area contributed by atoms with Gasteiger partial charge in [0.05, 0.1) is 27.0 Å². The normalized spacial score (nSPS) is 17.5. The Morgan fingerprint density at radius 1 is 0.875 bits per heavy atom. The van der Waals surface area contributed by atoms with Crippen LogP contribution in [0.1, 0.15) is 25.0 Å². The number of hydrogen-bond donors (Lipinski definition) is 0. The van der Waals surface area contributed by atoms with E-state index < -0.39 is 33.2 Å². The molecule has 2 aromatic rings. The van der Waals surface area contributed by atoms with Crippen molar-refractivity contribution in [2.24, 2.45) is 0 Å². The maximum atomic E-state index is 13.3. The van der Waals surface area contributed by atoms with Gasteiger partial charge in [-0.1, -0.05) is 36.5 Å². The van der Waals surface area contributed by atoms with Crippen molar-refractivity contribution < 1.29 is 19.4 Å². The van der Waals surface area contributed by atoms with E-state index in [4.69, 9.17) is 12.2 Å². The number of imide groups is 1. The van der Waals surface area contributed by atoms with Gasteiger partial charge in [0.15, 0.2) is 0 Å². The van der Waals surface area contributed by atoms with E-state index in [-0.39, 0.29) is 40.4 Å². The van der Waals surface area contributed by atoms with Gasteiger partial charge >= 0.3 is 6.03 Å². The van der Waals surface area contributed by atoms with E-state index in [1.165, 1.54) is 11.0 Å². The fraction of sp³-hybridized carbons (Fsp3) is 0.190. The second kappa shape index (κ2) is 7.61. The first-order valence-corrected chi connectivity index (χ1v) is 10.1. The van der Waals surface area contributed by atoms with Crippen LogP contribution < -0.4 is 0 Å². The van der Waals surface area contributed by atoms with Gasteiger partial charge in [-0.2, -0.15) is 0 Å². The lowest BCUT2D eigenvalue weighted by atomic mass is 9.95. The molecule has 0 unspecified atom stereocenters. The third-order valence-corrected chi connectivity index (χ3v) is 5.93. The summed E-state index contributed by atoms with van der Waals surface area (Å²) in [5, 5.41) is 23.3. The second-order valence-corrected chi connectivity index (χ2v) is 7.47. The monoisotopic (exact) mass is 452 g/mol. The number of likely N-dealkylation sites (N-methyl/N-ethyl adjacent to an activating group) is 2. The van der Waals surface area contributed by atoms with E-state index in [9.17, 15) is 29.8 Å². The molecule has 2 aliphatic rings. The molecule has 11 heteroatoms. The topological polar surface area (TPSA) is 127 Å². The van der Waals surface area contributed by atoms with Gasteiger partial charge in [0.1, 0.15) is 4.99 Å². The Bertz CT molecular complexity index is 1260. The number of nitro groups is 2. The van der Waals surface area contributed by atoms with E-state index in [1.807, 2.05) is 0 Å². The zero-order valence-electron chi connectivity index (χ0n) is 17.0. The largest absolute Gasteiger partial charge is 0.332 e. The molecule has 4 rings (SSSR count). The van der Waals surface area contributed by atoms with Crippen molar-refractivity contribution in [1.29, 1.82) is 0 Å². The average Bonchev–Trinajstić information content (AvgIpc) is 3.08. The summed E-state index contributed by atoms with van der Waals surface area (Å²) in [5.74, 6) is -0.640. The quantitative estimate of drug-likeness (QED) is 0.254. The SMILES string of the molecule is CCN1C(=O)C(=C2c3ccccc3-c3c2cc([N+](=O)[O-])cc3[N+](=O)[O-])C(=S)N(CC)C1=O. The molecule has 1 fully saturated rings. The van der Waals surface area contributed by atoms with Crippen LogP contribution in [0.15, 0.2) is 42.0 Å². The van der Waals surface area contributed by atoms with E-state index >= 15 is 0 Å². The molecule has 0 saturated carbocycles. The summed E-state index contributed by atoms with van der Waals surface area (Å²) in [6, 6.07) is 8.27. The highest BCUT2D eigenvalue weighted by molar-refractivity contribution is 7.81. The van der Waals surface area contributed by atoms with Gasteiger partial charge in [-0.25, -0.2) is 4.79 Å². The predicted molar refractivity (Wildman–Crippen MR) is 119 cm³/mol. The van der Waals surface area contributed by atoms with Crippen molar-refractivity contribution in [2.45, 2.75) is 13.8 Å². The number of amides is 3. The molecule has 0 aromatic heterocycles. The highest BCUT2D eigenvalue weighted by Gasteiger charge is 2.43. The van der Waals surface area contributed by atoms with Crippen LogP contribution in [0.25, 0.3) is 16.7 Å². The van der Waals surface area contributed by atoms with Crippen LogP contribution in [0, 0.1) is 20.2 Å². The summed E-state index contributed by atoms with van der Waals surface area (Å²) >= 11 is 5.50. The molecule has 0 N–H and O–H groups in total. The lowest BCUT2D eigenvalue weighted by Gasteiger charge is -2.35. The molecule has 162 valence electrons. The minimum absolute atomic E-state index is 0.0148. The first-order valence-electron chi connectivity index (χ1n) is 9.71. The van der Waals surface area contributed by atoms with Gasteiger partial charge in [0.2, 0.25) is 0 Å². The third-order valence-electron chi connectivity index (χ3n) is 5.51. The molecular weight excluding hydrogens is 436 g/mol. The predicted octanol–water partition coefficient (Wildman–Crippen LogP) is 3.92. The minimum Gasteiger partial charge on any atom is -0.284 e. The summed E-state index contributed by atoms with van der Waals surface area (Å²) in [5.41, 5.74) is 0.639. The number of carbonyl (C=O) groups is 2. The van der Waals surface area contributed by atoms with Crippen LogP contribution in [0.5, 0.6) is 0 Å². The Morgan fingerprint density at radius 3 is 2.06 bits per heavy atom. The number of non-ortho nitro benzene ring substituents is 1. The van der Waals surface area contributed by atoms with Crippen LogP contribution in [-0.2, 0) is 4.79 Å². The number of benzene rings is 2. The van der Waals surface area contributed by atoms with Crippen molar-refractivity contribution in [2.75, 3.05) is 13.1 Å². The standard InChI is InChI=1S/C21H16N4O6S/c1-3-22-19(26)18(20(32)23(4-2)21(22)27)17-13-8-6-5-7-12(13)16-14(17)9-11(24(28)29)10-15(16)25(30)31/h5-10H,3-4H2,1-2H3. The number of fused-ring (bicyclic) bond motifs is 3. The van der Waals surface area contributed by atoms with Gasteiger partial charge in [-0.15, -0.1) is 0 Å². The molecule has 0 bridgehead atoms. The maximum Gasteiger partial charge on any atom is 0.332 e. The Balaban J connectivity index is 2.15. The van der Waals surface area contributed by atoms with Crippen LogP contribution in [0.4, 0.5) is 16.2 Å².